The highest BCUT2D eigenvalue weighted by Gasteiger charge is 2.52. The fourth-order valence-electron chi connectivity index (χ4n) is 5.42. The van der Waals surface area contributed by atoms with Gasteiger partial charge in [-0.25, -0.2) is 0 Å². The molecule has 4 aliphatic carbocycles. The molecule has 0 radical (unpaired) electrons. The highest BCUT2D eigenvalue weighted by molar-refractivity contribution is 5.87. The van der Waals surface area contributed by atoms with E-state index < -0.39 is 11.4 Å². The quantitative estimate of drug-likeness (QED) is 0.850. The van der Waals surface area contributed by atoms with Gasteiger partial charge < -0.3 is 5.73 Å². The zero-order chi connectivity index (χ0) is 14.5. The first-order chi connectivity index (χ1) is 9.46. The van der Waals surface area contributed by atoms with Crippen molar-refractivity contribution in [1.29, 1.82) is 5.26 Å². The van der Waals surface area contributed by atoms with E-state index in [4.69, 9.17) is 5.73 Å². The second-order valence-electron chi connectivity index (χ2n) is 7.53. The third-order valence-corrected chi connectivity index (χ3v) is 6.31. The van der Waals surface area contributed by atoms with E-state index in [1.807, 2.05) is 0 Å². The molecular formula is C16H25N3O. The molecule has 4 rings (SSSR count). The second kappa shape index (κ2) is 4.73. The highest BCUT2D eigenvalue weighted by Crippen LogP contribution is 2.58. The van der Waals surface area contributed by atoms with Crippen LogP contribution in [0, 0.1) is 40.9 Å². The zero-order valence-electron chi connectivity index (χ0n) is 12.5. The van der Waals surface area contributed by atoms with Crippen molar-refractivity contribution in [3.63, 3.8) is 0 Å². The van der Waals surface area contributed by atoms with Crippen molar-refractivity contribution < 1.29 is 4.79 Å². The van der Waals surface area contributed by atoms with Gasteiger partial charge >= 0.3 is 0 Å². The largest absolute Gasteiger partial charge is 0.367 e. The number of primary amides is 1. The molecule has 1 atom stereocenters. The molecule has 2 N–H and O–H groups in total. The third kappa shape index (κ3) is 1.95. The average Bonchev–Trinajstić information content (AvgIpc) is 2.37. The van der Waals surface area contributed by atoms with Gasteiger partial charge in [-0.2, -0.15) is 5.26 Å². The minimum absolute atomic E-state index is 0.487. The summed E-state index contributed by atoms with van der Waals surface area (Å²) in [5, 5.41) is 9.58. The molecule has 4 nitrogen and oxygen atoms in total. The molecular weight excluding hydrogens is 250 g/mol. The number of rotatable bonds is 4. The Morgan fingerprint density at radius 1 is 1.20 bits per heavy atom. The van der Waals surface area contributed by atoms with Crippen LogP contribution >= 0.6 is 0 Å². The van der Waals surface area contributed by atoms with Crippen LogP contribution in [0.25, 0.3) is 0 Å². The smallest absolute Gasteiger partial charge is 0.252 e. The molecule has 1 unspecified atom stereocenters. The fraction of sp³-hybridized carbons (Fsp3) is 0.875. The highest BCUT2D eigenvalue weighted by atomic mass is 16.1. The Bertz CT molecular complexity index is 425. The van der Waals surface area contributed by atoms with Gasteiger partial charge in [0.05, 0.1) is 6.07 Å². The van der Waals surface area contributed by atoms with Crippen LogP contribution in [0.4, 0.5) is 0 Å². The maximum atomic E-state index is 11.9. The van der Waals surface area contributed by atoms with Crippen molar-refractivity contribution in [2.45, 2.75) is 44.1 Å². The van der Waals surface area contributed by atoms with Gasteiger partial charge in [-0.1, -0.05) is 0 Å². The van der Waals surface area contributed by atoms with E-state index >= 15 is 0 Å². The van der Waals surface area contributed by atoms with Crippen LogP contribution < -0.4 is 5.73 Å². The molecule has 0 aromatic rings. The summed E-state index contributed by atoms with van der Waals surface area (Å²) in [5.41, 5.74) is 4.46. The second-order valence-corrected chi connectivity index (χ2v) is 7.53. The Balaban J connectivity index is 1.83. The molecule has 0 spiro atoms. The van der Waals surface area contributed by atoms with Crippen molar-refractivity contribution in [2.24, 2.45) is 35.3 Å². The molecule has 0 aromatic carbocycles. The third-order valence-electron chi connectivity index (χ3n) is 6.31. The first kappa shape index (κ1) is 13.9. The van der Waals surface area contributed by atoms with E-state index in [2.05, 4.69) is 6.07 Å². The van der Waals surface area contributed by atoms with Crippen LogP contribution in [0.1, 0.15) is 38.5 Å². The fourth-order valence-corrected chi connectivity index (χ4v) is 5.42. The molecule has 0 aromatic heterocycles. The lowest BCUT2D eigenvalue weighted by Gasteiger charge is -2.55. The van der Waals surface area contributed by atoms with E-state index in [1.54, 1.807) is 19.0 Å². The summed E-state index contributed by atoms with van der Waals surface area (Å²) in [6, 6.07) is 2.22. The average molecular weight is 275 g/mol. The Hall–Kier alpha value is -1.08. The van der Waals surface area contributed by atoms with Crippen LogP contribution in [0.5, 0.6) is 0 Å². The minimum atomic E-state index is -1.12. The normalized spacial score (nSPS) is 41.4. The lowest BCUT2D eigenvalue weighted by molar-refractivity contribution is -0.129. The maximum absolute atomic E-state index is 11.9. The predicted octanol–water partition coefficient (Wildman–Crippen LogP) is 1.76. The molecule has 1 amide bonds. The van der Waals surface area contributed by atoms with Crippen molar-refractivity contribution in [1.82, 2.24) is 4.90 Å². The topological polar surface area (TPSA) is 70.1 Å². The first-order valence-electron chi connectivity index (χ1n) is 7.85. The SMILES string of the molecule is CN(C)C(C#N)(CC1C2CC3CC(C2)CC1C3)C(N)=O. The Morgan fingerprint density at radius 2 is 1.70 bits per heavy atom. The lowest BCUT2D eigenvalue weighted by Crippen LogP contribution is -2.57. The summed E-state index contributed by atoms with van der Waals surface area (Å²) in [5.74, 6) is 3.30. The van der Waals surface area contributed by atoms with E-state index in [-0.39, 0.29) is 0 Å². The molecule has 4 aliphatic rings. The van der Waals surface area contributed by atoms with Gasteiger partial charge in [0.15, 0.2) is 5.54 Å². The molecule has 0 heterocycles. The van der Waals surface area contributed by atoms with E-state index in [0.717, 1.165) is 23.7 Å². The molecule has 4 bridgehead atoms. The number of nitrogens with two attached hydrogens (primary N) is 1. The van der Waals surface area contributed by atoms with Gasteiger partial charge in [0.25, 0.3) is 5.91 Å². The number of hydrogen-bond acceptors (Lipinski definition) is 3. The van der Waals surface area contributed by atoms with Gasteiger partial charge in [0.1, 0.15) is 0 Å². The Morgan fingerprint density at radius 3 is 2.05 bits per heavy atom. The number of hydrogen-bond donors (Lipinski definition) is 1. The predicted molar refractivity (Wildman–Crippen MR) is 76.4 cm³/mol. The summed E-state index contributed by atoms with van der Waals surface area (Å²) >= 11 is 0. The molecule has 110 valence electrons. The van der Waals surface area contributed by atoms with Crippen molar-refractivity contribution in [3.8, 4) is 6.07 Å². The summed E-state index contributed by atoms with van der Waals surface area (Å²) in [4.78, 5) is 13.6. The number of likely N-dealkylation sites (N-methyl/N-ethyl adjacent to an activating group) is 1. The Labute approximate surface area is 121 Å². The van der Waals surface area contributed by atoms with E-state index in [1.165, 1.54) is 32.1 Å². The summed E-state index contributed by atoms with van der Waals surface area (Å²) in [7, 11) is 3.59. The van der Waals surface area contributed by atoms with Crippen molar-refractivity contribution in [3.05, 3.63) is 0 Å². The van der Waals surface area contributed by atoms with Crippen LogP contribution in [0.15, 0.2) is 0 Å². The van der Waals surface area contributed by atoms with E-state index in [9.17, 15) is 10.1 Å². The minimum Gasteiger partial charge on any atom is -0.367 e. The summed E-state index contributed by atoms with van der Waals surface area (Å²) < 4.78 is 0. The number of nitriles is 1. The van der Waals surface area contributed by atoms with Crippen molar-refractivity contribution in [2.75, 3.05) is 14.1 Å². The molecule has 4 saturated carbocycles. The molecule has 20 heavy (non-hydrogen) atoms. The number of carbonyl (C=O) groups is 1. The molecule has 0 aliphatic heterocycles. The van der Waals surface area contributed by atoms with Crippen LogP contribution in [-0.4, -0.2) is 30.4 Å². The first-order valence-corrected chi connectivity index (χ1v) is 7.85. The Kier molecular flexibility index (Phi) is 3.29. The van der Waals surface area contributed by atoms with Crippen LogP contribution in [-0.2, 0) is 4.79 Å². The van der Waals surface area contributed by atoms with Gasteiger partial charge in [0.2, 0.25) is 0 Å². The standard InChI is InChI=1S/C16H25N3O/c1-19(2)16(9-17,15(18)20)8-14-12-4-10-3-11(6-12)7-13(14)5-10/h10-14H,3-8H2,1-2H3,(H2,18,20). The number of carbonyl (C=O) groups excluding carboxylic acids is 1. The maximum Gasteiger partial charge on any atom is 0.252 e. The van der Waals surface area contributed by atoms with Gasteiger partial charge in [-0.3, -0.25) is 9.69 Å². The van der Waals surface area contributed by atoms with Gasteiger partial charge in [-0.05, 0) is 82.2 Å². The van der Waals surface area contributed by atoms with Gasteiger partial charge in [0, 0.05) is 0 Å². The number of nitrogens with zero attached hydrogens (tertiary/aromatic N) is 2. The van der Waals surface area contributed by atoms with Crippen molar-refractivity contribution >= 4 is 5.91 Å². The van der Waals surface area contributed by atoms with Gasteiger partial charge in [-0.15, -0.1) is 0 Å². The zero-order valence-corrected chi connectivity index (χ0v) is 12.5. The molecule has 0 saturated heterocycles. The summed E-state index contributed by atoms with van der Waals surface area (Å²) in [6.45, 7) is 0. The summed E-state index contributed by atoms with van der Waals surface area (Å²) in [6.07, 6.45) is 7.29. The lowest BCUT2D eigenvalue weighted by atomic mass is 9.50. The van der Waals surface area contributed by atoms with Crippen LogP contribution in [0.2, 0.25) is 0 Å². The van der Waals surface area contributed by atoms with Crippen LogP contribution in [0.3, 0.4) is 0 Å². The molecule has 4 fully saturated rings. The monoisotopic (exact) mass is 275 g/mol. The molecule has 4 heteroatoms. The van der Waals surface area contributed by atoms with E-state index in [0.29, 0.717) is 12.3 Å². The number of amides is 1.